The number of aromatic nitrogens is 2. The summed E-state index contributed by atoms with van der Waals surface area (Å²) in [6.07, 6.45) is 7.44. The second-order valence-corrected chi connectivity index (χ2v) is 5.60. The van der Waals surface area contributed by atoms with Crippen LogP contribution in [0.5, 0.6) is 0 Å². The van der Waals surface area contributed by atoms with Gasteiger partial charge in [0.2, 0.25) is 5.95 Å². The monoisotopic (exact) mass is 248 g/mol. The van der Waals surface area contributed by atoms with E-state index in [2.05, 4.69) is 41.1 Å². The summed E-state index contributed by atoms with van der Waals surface area (Å²) in [5, 5.41) is 3.43. The summed E-state index contributed by atoms with van der Waals surface area (Å²) in [7, 11) is 2.09. The Bertz CT molecular complexity index is 355. The molecule has 1 aromatic rings. The molecule has 1 saturated heterocycles. The van der Waals surface area contributed by atoms with E-state index in [9.17, 15) is 0 Å². The molecule has 4 heteroatoms. The van der Waals surface area contributed by atoms with Gasteiger partial charge < -0.3 is 10.2 Å². The van der Waals surface area contributed by atoms with Crippen LogP contribution in [0.25, 0.3) is 0 Å². The lowest BCUT2D eigenvalue weighted by molar-refractivity contribution is 0.441. The lowest BCUT2D eigenvalue weighted by atomic mass is 10.1. The lowest BCUT2D eigenvalue weighted by Crippen LogP contribution is -2.44. The smallest absolute Gasteiger partial charge is 0.225 e. The van der Waals surface area contributed by atoms with Gasteiger partial charge in [-0.2, -0.15) is 0 Å². The Morgan fingerprint density at radius 1 is 1.39 bits per heavy atom. The van der Waals surface area contributed by atoms with Crippen molar-refractivity contribution in [3.63, 3.8) is 0 Å². The summed E-state index contributed by atoms with van der Waals surface area (Å²) >= 11 is 0. The van der Waals surface area contributed by atoms with E-state index in [1.807, 2.05) is 12.4 Å². The van der Waals surface area contributed by atoms with Crippen molar-refractivity contribution >= 4 is 5.95 Å². The van der Waals surface area contributed by atoms with E-state index in [1.54, 1.807) is 0 Å². The Hall–Kier alpha value is -1.16. The normalized spacial score (nSPS) is 20.1. The van der Waals surface area contributed by atoms with Gasteiger partial charge in [-0.25, -0.2) is 9.97 Å². The summed E-state index contributed by atoms with van der Waals surface area (Å²) in [6.45, 7) is 6.60. The largest absolute Gasteiger partial charge is 0.340 e. The van der Waals surface area contributed by atoms with Crippen molar-refractivity contribution in [1.29, 1.82) is 0 Å². The van der Waals surface area contributed by atoms with Crippen LogP contribution >= 0.6 is 0 Å². The van der Waals surface area contributed by atoms with Crippen molar-refractivity contribution in [2.24, 2.45) is 5.92 Å². The highest BCUT2D eigenvalue weighted by atomic mass is 15.3. The third-order valence-electron chi connectivity index (χ3n) is 3.47. The number of nitrogens with zero attached hydrogens (tertiary/aromatic N) is 3. The van der Waals surface area contributed by atoms with Gasteiger partial charge in [-0.1, -0.05) is 13.8 Å². The molecule has 1 aromatic heterocycles. The van der Waals surface area contributed by atoms with Crippen molar-refractivity contribution in [1.82, 2.24) is 15.3 Å². The third kappa shape index (κ3) is 3.42. The lowest BCUT2D eigenvalue weighted by Gasteiger charge is -2.31. The molecule has 0 bridgehead atoms. The van der Waals surface area contributed by atoms with E-state index in [1.165, 1.54) is 18.4 Å². The topological polar surface area (TPSA) is 41.1 Å². The van der Waals surface area contributed by atoms with E-state index in [0.29, 0.717) is 12.0 Å². The van der Waals surface area contributed by atoms with Crippen LogP contribution in [-0.2, 0) is 6.42 Å². The third-order valence-corrected chi connectivity index (χ3v) is 3.47. The van der Waals surface area contributed by atoms with Crippen LogP contribution in [0.1, 0.15) is 32.3 Å². The number of rotatable bonds is 4. The fraction of sp³-hybridized carbons (Fsp3) is 0.714. The van der Waals surface area contributed by atoms with Crippen LogP contribution < -0.4 is 10.2 Å². The van der Waals surface area contributed by atoms with Gasteiger partial charge >= 0.3 is 0 Å². The highest BCUT2D eigenvalue weighted by Gasteiger charge is 2.19. The number of piperidine rings is 1. The maximum absolute atomic E-state index is 4.49. The van der Waals surface area contributed by atoms with Gasteiger partial charge in [-0.3, -0.25) is 0 Å². The van der Waals surface area contributed by atoms with Crippen molar-refractivity contribution < 1.29 is 0 Å². The van der Waals surface area contributed by atoms with Crippen molar-refractivity contribution in [3.8, 4) is 0 Å². The van der Waals surface area contributed by atoms with Gasteiger partial charge in [-0.05, 0) is 37.3 Å². The van der Waals surface area contributed by atoms with E-state index >= 15 is 0 Å². The van der Waals surface area contributed by atoms with E-state index in [0.717, 1.165) is 25.5 Å². The number of hydrogen-bond donors (Lipinski definition) is 1. The van der Waals surface area contributed by atoms with E-state index < -0.39 is 0 Å². The summed E-state index contributed by atoms with van der Waals surface area (Å²) in [4.78, 5) is 11.2. The Morgan fingerprint density at radius 2 is 2.11 bits per heavy atom. The van der Waals surface area contributed by atoms with Gasteiger partial charge in [0.15, 0.2) is 0 Å². The van der Waals surface area contributed by atoms with E-state index in [4.69, 9.17) is 0 Å². The highest BCUT2D eigenvalue weighted by molar-refractivity contribution is 5.30. The molecule has 1 N–H and O–H groups in total. The molecule has 18 heavy (non-hydrogen) atoms. The number of anilines is 1. The van der Waals surface area contributed by atoms with Crippen molar-refractivity contribution in [2.45, 2.75) is 39.2 Å². The Morgan fingerprint density at radius 3 is 2.67 bits per heavy atom. The molecule has 1 aliphatic rings. The molecule has 1 unspecified atom stereocenters. The molecule has 0 aliphatic carbocycles. The minimum Gasteiger partial charge on any atom is -0.340 e. The molecule has 2 rings (SSSR count). The van der Waals surface area contributed by atoms with E-state index in [-0.39, 0.29) is 0 Å². The molecule has 1 fully saturated rings. The minimum atomic E-state index is 0.523. The molecule has 2 heterocycles. The van der Waals surface area contributed by atoms with Crippen LogP contribution in [0.4, 0.5) is 5.95 Å². The van der Waals surface area contributed by atoms with Crippen LogP contribution in [0.15, 0.2) is 12.4 Å². The van der Waals surface area contributed by atoms with Crippen LogP contribution in [0.2, 0.25) is 0 Å². The van der Waals surface area contributed by atoms with Gasteiger partial charge in [0.05, 0.1) is 0 Å². The predicted octanol–water partition coefficient (Wildman–Crippen LogP) is 1.86. The number of nitrogens with one attached hydrogen (secondary N) is 1. The quantitative estimate of drug-likeness (QED) is 0.883. The second-order valence-electron chi connectivity index (χ2n) is 5.60. The first kappa shape index (κ1) is 13.3. The molecule has 0 spiro atoms. The zero-order valence-corrected chi connectivity index (χ0v) is 11.7. The maximum atomic E-state index is 4.49. The molecule has 0 amide bonds. The fourth-order valence-electron chi connectivity index (χ4n) is 2.43. The summed E-state index contributed by atoms with van der Waals surface area (Å²) in [5.74, 6) is 1.50. The minimum absolute atomic E-state index is 0.523. The number of likely N-dealkylation sites (N-methyl/N-ethyl adjacent to an activating group) is 1. The first-order valence-corrected chi connectivity index (χ1v) is 6.91. The first-order chi connectivity index (χ1) is 8.66. The van der Waals surface area contributed by atoms with Crippen LogP contribution in [0.3, 0.4) is 0 Å². The molecule has 0 saturated carbocycles. The molecule has 1 atom stereocenters. The molecule has 100 valence electrons. The Balaban J connectivity index is 1.99. The number of hydrogen-bond acceptors (Lipinski definition) is 4. The average molecular weight is 248 g/mol. The first-order valence-electron chi connectivity index (χ1n) is 6.91. The second kappa shape index (κ2) is 6.14. The average Bonchev–Trinajstić information content (AvgIpc) is 2.39. The van der Waals surface area contributed by atoms with Crippen molar-refractivity contribution in [3.05, 3.63) is 18.0 Å². The summed E-state index contributed by atoms with van der Waals surface area (Å²) in [6, 6.07) is 0.523. The summed E-state index contributed by atoms with van der Waals surface area (Å²) < 4.78 is 0. The Kier molecular flexibility index (Phi) is 4.53. The maximum Gasteiger partial charge on any atom is 0.225 e. The zero-order valence-electron chi connectivity index (χ0n) is 11.7. The molecule has 1 aliphatic heterocycles. The summed E-state index contributed by atoms with van der Waals surface area (Å²) in [5.41, 5.74) is 1.23. The molecule has 0 radical (unpaired) electrons. The van der Waals surface area contributed by atoms with Gasteiger partial charge in [0.25, 0.3) is 0 Å². The van der Waals surface area contributed by atoms with Gasteiger partial charge in [-0.15, -0.1) is 0 Å². The molecule has 0 aromatic carbocycles. The fourth-order valence-corrected chi connectivity index (χ4v) is 2.43. The van der Waals surface area contributed by atoms with Crippen molar-refractivity contribution in [2.75, 3.05) is 25.0 Å². The molecular formula is C14H24N4. The highest BCUT2D eigenvalue weighted by Crippen LogP contribution is 2.15. The predicted molar refractivity (Wildman–Crippen MR) is 74.9 cm³/mol. The van der Waals surface area contributed by atoms with Crippen LogP contribution in [0, 0.1) is 5.92 Å². The van der Waals surface area contributed by atoms with Gasteiger partial charge in [0, 0.05) is 32.0 Å². The molecule has 4 nitrogen and oxygen atoms in total. The zero-order chi connectivity index (χ0) is 13.0. The Labute approximate surface area is 110 Å². The van der Waals surface area contributed by atoms with Crippen LogP contribution in [-0.4, -0.2) is 36.1 Å². The van der Waals surface area contributed by atoms with Gasteiger partial charge in [0.1, 0.15) is 0 Å². The standard InChI is InChI=1S/C14H24N4/c1-11(2)7-12-8-16-14(17-9-12)18(3)13-5-4-6-15-10-13/h8-9,11,13,15H,4-7,10H2,1-3H3. The SMILES string of the molecule is CC(C)Cc1cnc(N(C)C2CCCNC2)nc1. The molecular weight excluding hydrogens is 224 g/mol.